The Morgan fingerprint density at radius 2 is 2.03 bits per heavy atom. The minimum Gasteiger partial charge on any atom is -0.480 e. The SMILES string of the molecule is COc1ncccc1C(=O)NC[C@H]1C[C@@]2(C)[C@@H](O)CCCC[C@H]2N1C(=O)OC(C)(C)C. The Labute approximate surface area is 184 Å². The lowest BCUT2D eigenvalue weighted by molar-refractivity contribution is -0.00901. The van der Waals surface area contributed by atoms with Crippen LogP contribution in [-0.2, 0) is 4.74 Å². The molecule has 31 heavy (non-hydrogen) atoms. The fourth-order valence-electron chi connectivity index (χ4n) is 4.94. The Bertz CT molecular complexity index is 809. The van der Waals surface area contributed by atoms with Gasteiger partial charge in [0.15, 0.2) is 0 Å². The number of aromatic nitrogens is 1. The molecular formula is C23H35N3O5. The van der Waals surface area contributed by atoms with Crippen molar-refractivity contribution in [3.63, 3.8) is 0 Å². The van der Waals surface area contributed by atoms with Crippen molar-refractivity contribution in [2.75, 3.05) is 13.7 Å². The second-order valence-electron chi connectivity index (χ2n) is 9.84. The molecule has 8 heteroatoms. The standard InChI is InChI=1S/C23H35N3O5/c1-22(2,3)31-21(29)26-15(13-23(4)17(26)10-6-7-11-18(23)27)14-25-19(28)16-9-8-12-24-20(16)30-5/h8-9,12,15,17-18,27H,6-7,10-11,13-14H2,1-5H3,(H,25,28)/t15-,17-,18+,23-/m1/s1. The fraction of sp³-hybridized carbons (Fsp3) is 0.696. The van der Waals surface area contributed by atoms with Crippen LogP contribution in [0.2, 0.25) is 0 Å². The molecule has 0 unspecified atom stereocenters. The number of likely N-dealkylation sites (tertiary alicyclic amines) is 1. The number of aliphatic hydroxyl groups excluding tert-OH is 1. The summed E-state index contributed by atoms with van der Waals surface area (Å²) in [4.78, 5) is 31.8. The average molecular weight is 434 g/mol. The summed E-state index contributed by atoms with van der Waals surface area (Å²) in [6.07, 6.45) is 4.70. The van der Waals surface area contributed by atoms with Crippen molar-refractivity contribution in [2.24, 2.45) is 5.41 Å². The normalized spacial score (nSPS) is 28.5. The Kier molecular flexibility index (Phi) is 6.79. The van der Waals surface area contributed by atoms with Gasteiger partial charge in [-0.25, -0.2) is 9.78 Å². The van der Waals surface area contributed by atoms with Crippen molar-refractivity contribution in [3.8, 4) is 5.88 Å². The van der Waals surface area contributed by atoms with Gasteiger partial charge < -0.3 is 19.9 Å². The van der Waals surface area contributed by atoms with Crippen LogP contribution >= 0.6 is 0 Å². The number of amides is 2. The molecule has 0 bridgehead atoms. The van der Waals surface area contributed by atoms with Crippen LogP contribution in [0.25, 0.3) is 0 Å². The van der Waals surface area contributed by atoms with Crippen LogP contribution in [-0.4, -0.2) is 64.4 Å². The molecule has 2 amide bonds. The number of carbonyl (C=O) groups is 2. The summed E-state index contributed by atoms with van der Waals surface area (Å²) in [5.74, 6) is -0.0603. The Hall–Kier alpha value is -2.35. The predicted molar refractivity (Wildman–Crippen MR) is 116 cm³/mol. The molecule has 172 valence electrons. The first-order chi connectivity index (χ1) is 14.6. The number of ether oxygens (including phenoxy) is 2. The van der Waals surface area contributed by atoms with Gasteiger partial charge in [-0.2, -0.15) is 0 Å². The number of methoxy groups -OCH3 is 1. The van der Waals surface area contributed by atoms with E-state index in [2.05, 4.69) is 17.2 Å². The highest BCUT2D eigenvalue weighted by molar-refractivity contribution is 5.96. The maximum absolute atomic E-state index is 13.2. The molecule has 2 heterocycles. The van der Waals surface area contributed by atoms with Gasteiger partial charge >= 0.3 is 6.09 Å². The molecule has 0 radical (unpaired) electrons. The first-order valence-electron chi connectivity index (χ1n) is 11.0. The fourth-order valence-corrected chi connectivity index (χ4v) is 4.94. The molecule has 2 fully saturated rings. The first kappa shape index (κ1) is 23.3. The molecule has 2 aliphatic rings. The number of fused-ring (bicyclic) bond motifs is 1. The van der Waals surface area contributed by atoms with Gasteiger partial charge in [0, 0.05) is 24.2 Å². The minimum atomic E-state index is -0.629. The van der Waals surface area contributed by atoms with Crippen LogP contribution in [0.4, 0.5) is 4.79 Å². The molecular weight excluding hydrogens is 398 g/mol. The van der Waals surface area contributed by atoms with Gasteiger partial charge in [-0.3, -0.25) is 9.69 Å². The highest BCUT2D eigenvalue weighted by Crippen LogP contribution is 2.48. The number of rotatable bonds is 4. The Balaban J connectivity index is 1.82. The molecule has 3 rings (SSSR count). The first-order valence-corrected chi connectivity index (χ1v) is 11.0. The van der Waals surface area contributed by atoms with E-state index in [9.17, 15) is 14.7 Å². The van der Waals surface area contributed by atoms with Crippen molar-refractivity contribution < 1.29 is 24.2 Å². The van der Waals surface area contributed by atoms with Crippen LogP contribution in [0.5, 0.6) is 5.88 Å². The van der Waals surface area contributed by atoms with E-state index in [-0.39, 0.29) is 30.4 Å². The van der Waals surface area contributed by atoms with E-state index >= 15 is 0 Å². The lowest BCUT2D eigenvalue weighted by Gasteiger charge is -2.37. The van der Waals surface area contributed by atoms with Gasteiger partial charge in [-0.05, 0) is 52.2 Å². The molecule has 1 saturated heterocycles. The van der Waals surface area contributed by atoms with Crippen molar-refractivity contribution >= 4 is 12.0 Å². The zero-order valence-corrected chi connectivity index (χ0v) is 19.2. The minimum absolute atomic E-state index is 0.130. The monoisotopic (exact) mass is 433 g/mol. The van der Waals surface area contributed by atoms with Crippen LogP contribution in [0.15, 0.2) is 18.3 Å². The number of nitrogens with one attached hydrogen (secondary N) is 1. The number of pyridine rings is 1. The van der Waals surface area contributed by atoms with Gasteiger partial charge in [0.2, 0.25) is 5.88 Å². The van der Waals surface area contributed by atoms with Crippen LogP contribution in [0.1, 0.15) is 70.2 Å². The number of nitrogens with zero attached hydrogens (tertiary/aromatic N) is 2. The molecule has 1 aromatic heterocycles. The number of hydrogen-bond acceptors (Lipinski definition) is 6. The quantitative estimate of drug-likeness (QED) is 0.757. The maximum atomic E-state index is 13.2. The van der Waals surface area contributed by atoms with E-state index in [4.69, 9.17) is 9.47 Å². The van der Waals surface area contributed by atoms with Crippen molar-refractivity contribution in [1.82, 2.24) is 15.2 Å². The third-order valence-corrected chi connectivity index (χ3v) is 6.44. The Morgan fingerprint density at radius 3 is 2.71 bits per heavy atom. The lowest BCUT2D eigenvalue weighted by Crippen LogP contribution is -2.50. The van der Waals surface area contributed by atoms with Gasteiger partial charge in [0.1, 0.15) is 11.2 Å². The van der Waals surface area contributed by atoms with Crippen LogP contribution in [0, 0.1) is 5.41 Å². The predicted octanol–water partition coefficient (Wildman–Crippen LogP) is 3.14. The van der Waals surface area contributed by atoms with Crippen molar-refractivity contribution in [1.29, 1.82) is 0 Å². The van der Waals surface area contributed by atoms with E-state index in [1.165, 1.54) is 7.11 Å². The number of hydrogen-bond donors (Lipinski definition) is 2. The third-order valence-electron chi connectivity index (χ3n) is 6.44. The van der Waals surface area contributed by atoms with Gasteiger partial charge in [-0.1, -0.05) is 19.8 Å². The second kappa shape index (κ2) is 9.02. The van der Waals surface area contributed by atoms with Gasteiger partial charge in [-0.15, -0.1) is 0 Å². The smallest absolute Gasteiger partial charge is 0.410 e. The van der Waals surface area contributed by atoms with Crippen molar-refractivity contribution in [2.45, 2.75) is 83.6 Å². The molecule has 4 atom stereocenters. The summed E-state index contributed by atoms with van der Waals surface area (Å²) >= 11 is 0. The largest absolute Gasteiger partial charge is 0.480 e. The van der Waals surface area contributed by atoms with E-state index in [0.29, 0.717) is 12.0 Å². The highest BCUT2D eigenvalue weighted by atomic mass is 16.6. The molecule has 1 aromatic rings. The van der Waals surface area contributed by atoms with Gasteiger partial charge in [0.05, 0.1) is 19.3 Å². The summed E-state index contributed by atoms with van der Waals surface area (Å²) in [6.45, 7) is 7.83. The molecule has 2 N–H and O–H groups in total. The number of carbonyl (C=O) groups excluding carboxylic acids is 2. The van der Waals surface area contributed by atoms with E-state index < -0.39 is 23.2 Å². The van der Waals surface area contributed by atoms with E-state index in [0.717, 1.165) is 25.7 Å². The summed E-state index contributed by atoms with van der Waals surface area (Å²) in [6, 6.07) is 2.92. The van der Waals surface area contributed by atoms with E-state index in [1.54, 1.807) is 23.2 Å². The summed E-state index contributed by atoms with van der Waals surface area (Å²) in [7, 11) is 1.47. The van der Waals surface area contributed by atoms with Crippen molar-refractivity contribution in [3.05, 3.63) is 23.9 Å². The van der Waals surface area contributed by atoms with Crippen LogP contribution in [0.3, 0.4) is 0 Å². The second-order valence-corrected chi connectivity index (χ2v) is 9.84. The van der Waals surface area contributed by atoms with Gasteiger partial charge in [0.25, 0.3) is 5.91 Å². The van der Waals surface area contributed by atoms with E-state index in [1.807, 2.05) is 20.8 Å². The molecule has 1 aliphatic carbocycles. The summed E-state index contributed by atoms with van der Waals surface area (Å²) in [5.41, 5.74) is -0.724. The lowest BCUT2D eigenvalue weighted by atomic mass is 9.75. The zero-order chi connectivity index (χ0) is 22.8. The topological polar surface area (TPSA) is 101 Å². The summed E-state index contributed by atoms with van der Waals surface area (Å²) < 4.78 is 10.9. The molecule has 0 spiro atoms. The molecule has 8 nitrogen and oxygen atoms in total. The maximum Gasteiger partial charge on any atom is 0.410 e. The number of aliphatic hydroxyl groups is 1. The van der Waals surface area contributed by atoms with Crippen LogP contribution < -0.4 is 10.1 Å². The third kappa shape index (κ3) is 4.95. The zero-order valence-electron chi connectivity index (χ0n) is 19.2. The highest BCUT2D eigenvalue weighted by Gasteiger charge is 2.55. The average Bonchev–Trinajstić information content (AvgIpc) is 2.92. The molecule has 0 aromatic carbocycles. The summed E-state index contributed by atoms with van der Waals surface area (Å²) in [5, 5.41) is 13.8. The Morgan fingerprint density at radius 1 is 1.32 bits per heavy atom. The molecule has 1 aliphatic heterocycles. The molecule has 1 saturated carbocycles.